The van der Waals surface area contributed by atoms with Crippen LogP contribution < -0.4 is 4.74 Å². The number of unbranched alkanes of at least 4 members (excludes halogenated alkanes) is 1. The Morgan fingerprint density at radius 2 is 1.56 bits per heavy atom. The third-order valence-electron chi connectivity index (χ3n) is 10.5. The van der Waals surface area contributed by atoms with Gasteiger partial charge in [0.2, 0.25) is 0 Å². The summed E-state index contributed by atoms with van der Waals surface area (Å²) in [5.74, 6) is 3.76. The Bertz CT molecular complexity index is 2330. The van der Waals surface area contributed by atoms with Gasteiger partial charge in [0.15, 0.2) is 0 Å². The first kappa shape index (κ1) is 35.3. The molecule has 0 aliphatic heterocycles. The van der Waals surface area contributed by atoms with Crippen LogP contribution in [0.1, 0.15) is 93.8 Å². The molecule has 4 aromatic carbocycles. The van der Waals surface area contributed by atoms with Crippen molar-refractivity contribution in [3.05, 3.63) is 131 Å². The maximum atomic E-state index is 6.79. The predicted octanol–water partition coefficient (Wildman–Crippen LogP) is 13.0. The van der Waals surface area contributed by atoms with Crippen molar-refractivity contribution in [1.82, 2.24) is 19.3 Å². The van der Waals surface area contributed by atoms with E-state index in [1.54, 1.807) is 0 Å². The Hall–Kier alpha value is -5.16. The van der Waals surface area contributed by atoms with E-state index in [0.29, 0.717) is 5.92 Å². The molecule has 1 unspecified atom stereocenters. The topological polar surface area (TPSA) is 44.9 Å². The average Bonchev–Trinajstić information content (AvgIpc) is 3.62. The van der Waals surface area contributed by atoms with Gasteiger partial charge in [-0.05, 0) is 123 Å². The van der Waals surface area contributed by atoms with Gasteiger partial charge < -0.3 is 4.74 Å². The zero-order valence-electron chi connectivity index (χ0n) is 31.9. The minimum atomic E-state index is 0.501. The standard InChI is InChI=1S/C47H52N4O/c1-8-9-16-36-26-39(51-35(7)47(34(6)49-51)37-17-11-10-12-18-37)29-41(27-36)52-40-20-21-42-43-28-38(33(5)15-13-14-31(2)3)19-22-44(43)50(45(42)30-40)46-25-32(4)23-24-48-46/h10-12,17-31,33H,8-9,13-16H2,1-7H3. The molecule has 3 aromatic heterocycles. The third kappa shape index (κ3) is 7.27. The van der Waals surface area contributed by atoms with E-state index in [1.807, 2.05) is 6.20 Å². The molecule has 0 radical (unpaired) electrons. The van der Waals surface area contributed by atoms with Gasteiger partial charge in [-0.3, -0.25) is 4.57 Å². The predicted molar refractivity (Wildman–Crippen MR) is 218 cm³/mol. The van der Waals surface area contributed by atoms with E-state index in [0.717, 1.165) is 70.6 Å². The number of hydrogen-bond donors (Lipinski definition) is 0. The number of fused-ring (bicyclic) bond motifs is 3. The van der Waals surface area contributed by atoms with Crippen LogP contribution in [0.3, 0.4) is 0 Å². The molecule has 0 aliphatic rings. The molecule has 5 heteroatoms. The summed E-state index contributed by atoms with van der Waals surface area (Å²) in [6, 6.07) is 34.9. The molecule has 5 nitrogen and oxygen atoms in total. The van der Waals surface area contributed by atoms with Crippen LogP contribution in [0.25, 0.3) is 44.4 Å². The molecule has 0 spiro atoms. The molecule has 0 amide bonds. The first-order valence-corrected chi connectivity index (χ1v) is 19.1. The lowest BCUT2D eigenvalue weighted by molar-refractivity contribution is 0.482. The van der Waals surface area contributed by atoms with E-state index >= 15 is 0 Å². The van der Waals surface area contributed by atoms with Crippen LogP contribution in [0.5, 0.6) is 11.5 Å². The van der Waals surface area contributed by atoms with Crippen LogP contribution in [0.2, 0.25) is 0 Å². The van der Waals surface area contributed by atoms with E-state index in [-0.39, 0.29) is 0 Å². The van der Waals surface area contributed by atoms with Crippen molar-refractivity contribution in [3.8, 4) is 34.1 Å². The summed E-state index contributed by atoms with van der Waals surface area (Å²) in [5.41, 5.74) is 11.6. The van der Waals surface area contributed by atoms with Gasteiger partial charge in [0.25, 0.3) is 0 Å². The summed E-state index contributed by atoms with van der Waals surface area (Å²) >= 11 is 0. The Morgan fingerprint density at radius 3 is 2.33 bits per heavy atom. The molecule has 0 bridgehead atoms. The minimum absolute atomic E-state index is 0.501. The number of hydrogen-bond acceptors (Lipinski definition) is 3. The summed E-state index contributed by atoms with van der Waals surface area (Å²) in [6.07, 6.45) is 8.85. The molecular weight excluding hydrogens is 637 g/mol. The van der Waals surface area contributed by atoms with Crippen molar-refractivity contribution in [2.75, 3.05) is 0 Å². The highest BCUT2D eigenvalue weighted by Gasteiger charge is 2.19. The van der Waals surface area contributed by atoms with Crippen molar-refractivity contribution >= 4 is 21.8 Å². The fourth-order valence-corrected chi connectivity index (χ4v) is 7.68. The van der Waals surface area contributed by atoms with Gasteiger partial charge in [-0.2, -0.15) is 5.10 Å². The van der Waals surface area contributed by atoms with Crippen LogP contribution >= 0.6 is 0 Å². The van der Waals surface area contributed by atoms with Gasteiger partial charge in [0, 0.05) is 40.4 Å². The second-order valence-electron chi connectivity index (χ2n) is 15.1. The molecule has 0 fully saturated rings. The van der Waals surface area contributed by atoms with Crippen LogP contribution in [0.15, 0.2) is 103 Å². The van der Waals surface area contributed by atoms with Crippen molar-refractivity contribution < 1.29 is 4.74 Å². The van der Waals surface area contributed by atoms with E-state index < -0.39 is 0 Å². The molecule has 7 rings (SSSR count). The third-order valence-corrected chi connectivity index (χ3v) is 10.5. The van der Waals surface area contributed by atoms with Crippen LogP contribution in [-0.2, 0) is 6.42 Å². The van der Waals surface area contributed by atoms with E-state index in [2.05, 4.69) is 155 Å². The molecule has 1 atom stereocenters. The maximum Gasteiger partial charge on any atom is 0.137 e. The number of aromatic nitrogens is 4. The van der Waals surface area contributed by atoms with E-state index in [4.69, 9.17) is 14.8 Å². The SMILES string of the molecule is CCCCc1cc(Oc2ccc3c4cc(C(C)CCCC(C)C)ccc4n(-c4cc(C)ccn4)c3c2)cc(-n2nc(C)c(-c3ccccc3)c2C)c1. The highest BCUT2D eigenvalue weighted by atomic mass is 16.5. The summed E-state index contributed by atoms with van der Waals surface area (Å²) in [4.78, 5) is 4.85. The Kier molecular flexibility index (Phi) is 10.3. The van der Waals surface area contributed by atoms with Gasteiger partial charge in [0.1, 0.15) is 17.3 Å². The van der Waals surface area contributed by atoms with Gasteiger partial charge >= 0.3 is 0 Å². The largest absolute Gasteiger partial charge is 0.457 e. The normalized spacial score (nSPS) is 12.3. The quantitative estimate of drug-likeness (QED) is 0.121. The molecule has 0 N–H and O–H groups in total. The fourth-order valence-electron chi connectivity index (χ4n) is 7.68. The first-order chi connectivity index (χ1) is 25.2. The first-order valence-electron chi connectivity index (χ1n) is 19.1. The molecule has 7 aromatic rings. The summed E-state index contributed by atoms with van der Waals surface area (Å²) in [7, 11) is 0. The van der Waals surface area contributed by atoms with Crippen molar-refractivity contribution in [2.45, 2.75) is 92.9 Å². The molecule has 3 heterocycles. The summed E-state index contributed by atoms with van der Waals surface area (Å²) in [6.45, 7) is 15.6. The zero-order valence-corrected chi connectivity index (χ0v) is 31.9. The number of aryl methyl sites for hydroxylation is 3. The lowest BCUT2D eigenvalue weighted by Crippen LogP contribution is -2.02. The molecule has 0 saturated heterocycles. The van der Waals surface area contributed by atoms with Crippen molar-refractivity contribution in [3.63, 3.8) is 0 Å². The minimum Gasteiger partial charge on any atom is -0.457 e. The molecule has 266 valence electrons. The zero-order chi connectivity index (χ0) is 36.4. The van der Waals surface area contributed by atoms with Gasteiger partial charge in [-0.1, -0.05) is 83.4 Å². The van der Waals surface area contributed by atoms with Crippen LogP contribution in [-0.4, -0.2) is 19.3 Å². The summed E-state index contributed by atoms with van der Waals surface area (Å²) < 4.78 is 11.2. The van der Waals surface area contributed by atoms with Crippen molar-refractivity contribution in [2.24, 2.45) is 5.92 Å². The lowest BCUT2D eigenvalue weighted by atomic mass is 9.92. The van der Waals surface area contributed by atoms with E-state index in [9.17, 15) is 0 Å². The van der Waals surface area contributed by atoms with Gasteiger partial charge in [-0.25, -0.2) is 9.67 Å². The molecule has 0 aliphatic carbocycles. The maximum absolute atomic E-state index is 6.79. The van der Waals surface area contributed by atoms with Crippen molar-refractivity contribution in [1.29, 1.82) is 0 Å². The summed E-state index contributed by atoms with van der Waals surface area (Å²) in [5, 5.41) is 7.49. The second kappa shape index (κ2) is 15.2. The number of rotatable bonds is 13. The number of ether oxygens (including phenoxy) is 1. The second-order valence-corrected chi connectivity index (χ2v) is 15.1. The Balaban J connectivity index is 1.30. The fraction of sp³-hybridized carbons (Fsp3) is 0.319. The number of benzene rings is 4. The Morgan fingerprint density at radius 1 is 0.731 bits per heavy atom. The number of pyridine rings is 1. The van der Waals surface area contributed by atoms with Crippen LogP contribution in [0.4, 0.5) is 0 Å². The monoisotopic (exact) mass is 688 g/mol. The molecule has 0 saturated carbocycles. The smallest absolute Gasteiger partial charge is 0.137 e. The Labute approximate surface area is 309 Å². The van der Waals surface area contributed by atoms with Gasteiger partial charge in [-0.15, -0.1) is 0 Å². The molecule has 52 heavy (non-hydrogen) atoms. The molecular formula is C47H52N4O. The van der Waals surface area contributed by atoms with Crippen LogP contribution in [0, 0.1) is 26.7 Å². The lowest BCUT2D eigenvalue weighted by Gasteiger charge is -2.14. The highest BCUT2D eigenvalue weighted by Crippen LogP contribution is 2.38. The highest BCUT2D eigenvalue weighted by molar-refractivity contribution is 6.09. The van der Waals surface area contributed by atoms with E-state index in [1.165, 1.54) is 57.9 Å². The van der Waals surface area contributed by atoms with Gasteiger partial charge in [0.05, 0.1) is 22.4 Å². The number of nitrogens with zero attached hydrogens (tertiary/aromatic N) is 4. The average molecular weight is 689 g/mol.